The van der Waals surface area contributed by atoms with Gasteiger partial charge in [-0.05, 0) is 51.1 Å². The van der Waals surface area contributed by atoms with Crippen molar-refractivity contribution in [1.82, 2.24) is 24.5 Å². The van der Waals surface area contributed by atoms with Gasteiger partial charge in [-0.1, -0.05) is 0 Å². The Morgan fingerprint density at radius 2 is 1.97 bits per heavy atom. The molecule has 0 amide bonds. The molecule has 1 aliphatic heterocycles. The fourth-order valence-electron chi connectivity index (χ4n) is 4.25. The van der Waals surface area contributed by atoms with Gasteiger partial charge in [0.15, 0.2) is 0 Å². The van der Waals surface area contributed by atoms with Crippen LogP contribution in [0.2, 0.25) is 0 Å². The van der Waals surface area contributed by atoms with E-state index in [1.807, 2.05) is 11.7 Å². The number of hydrogen-bond donors (Lipinski definition) is 0. The first kappa shape index (κ1) is 22.5. The van der Waals surface area contributed by atoms with Crippen LogP contribution in [0, 0.1) is 19.7 Å². The Labute approximate surface area is 188 Å². The van der Waals surface area contributed by atoms with E-state index in [2.05, 4.69) is 41.5 Å². The maximum atomic E-state index is 13.0. The molecule has 0 bridgehead atoms. The largest absolute Gasteiger partial charge is 0.493 e. The maximum Gasteiger partial charge on any atom is 0.123 e. The Morgan fingerprint density at radius 1 is 1.19 bits per heavy atom. The number of nitrogens with zero attached hydrogens (tertiary/aromatic N) is 5. The van der Waals surface area contributed by atoms with Gasteiger partial charge < -0.3 is 9.47 Å². The van der Waals surface area contributed by atoms with Crippen LogP contribution in [-0.4, -0.2) is 50.8 Å². The molecule has 8 heteroatoms. The molecule has 0 aliphatic carbocycles. The summed E-state index contributed by atoms with van der Waals surface area (Å²) in [7, 11) is 1.95. The molecule has 4 rings (SSSR count). The van der Waals surface area contributed by atoms with Gasteiger partial charge in [-0.3, -0.25) is 14.3 Å². The fraction of sp³-hybridized carbons (Fsp3) is 0.500. The first-order valence-electron chi connectivity index (χ1n) is 11.2. The Bertz CT molecular complexity index is 1040. The van der Waals surface area contributed by atoms with Gasteiger partial charge in [0.05, 0.1) is 24.6 Å². The zero-order valence-corrected chi connectivity index (χ0v) is 19.3. The summed E-state index contributed by atoms with van der Waals surface area (Å²) in [6.07, 6.45) is 0.662. The summed E-state index contributed by atoms with van der Waals surface area (Å²) in [4.78, 5) is 2.43. The highest BCUT2D eigenvalue weighted by molar-refractivity contribution is 5.25. The topological polar surface area (TPSA) is 57.3 Å². The third-order valence-electron chi connectivity index (χ3n) is 6.13. The maximum absolute atomic E-state index is 13.0. The molecule has 1 atom stereocenters. The van der Waals surface area contributed by atoms with Crippen molar-refractivity contribution in [2.24, 2.45) is 7.05 Å². The highest BCUT2D eigenvalue weighted by Gasteiger charge is 2.26. The van der Waals surface area contributed by atoms with Crippen molar-refractivity contribution in [3.8, 4) is 5.75 Å². The minimum atomic E-state index is -0.264. The normalized spacial score (nSPS) is 17.1. The number of aromatic nitrogens is 4. The lowest BCUT2D eigenvalue weighted by Gasteiger charge is -2.32. The second-order valence-corrected chi connectivity index (χ2v) is 8.30. The number of halogens is 1. The van der Waals surface area contributed by atoms with Crippen molar-refractivity contribution >= 4 is 0 Å². The van der Waals surface area contributed by atoms with Crippen molar-refractivity contribution in [3.05, 3.63) is 64.5 Å². The lowest BCUT2D eigenvalue weighted by Crippen LogP contribution is -2.38. The fourth-order valence-corrected chi connectivity index (χ4v) is 4.25. The van der Waals surface area contributed by atoms with Gasteiger partial charge in [0, 0.05) is 56.6 Å². The number of benzene rings is 1. The van der Waals surface area contributed by atoms with Crippen LogP contribution in [0.25, 0.3) is 0 Å². The second kappa shape index (κ2) is 9.83. The summed E-state index contributed by atoms with van der Waals surface area (Å²) in [6, 6.07) is 8.19. The summed E-state index contributed by atoms with van der Waals surface area (Å²) in [5.74, 6) is 0.400. The van der Waals surface area contributed by atoms with Gasteiger partial charge in [0.25, 0.3) is 0 Å². The minimum Gasteiger partial charge on any atom is -0.493 e. The molecule has 0 unspecified atom stereocenters. The van der Waals surface area contributed by atoms with Gasteiger partial charge in [-0.25, -0.2) is 4.39 Å². The first-order chi connectivity index (χ1) is 15.4. The van der Waals surface area contributed by atoms with Crippen molar-refractivity contribution < 1.29 is 13.9 Å². The molecule has 2 aromatic heterocycles. The average Bonchev–Trinajstić information content (AvgIpc) is 3.29. The monoisotopic (exact) mass is 441 g/mol. The highest BCUT2D eigenvalue weighted by Crippen LogP contribution is 2.25. The zero-order valence-electron chi connectivity index (χ0n) is 19.3. The van der Waals surface area contributed by atoms with Gasteiger partial charge >= 0.3 is 0 Å². The van der Waals surface area contributed by atoms with E-state index in [0.29, 0.717) is 25.4 Å². The summed E-state index contributed by atoms with van der Waals surface area (Å²) in [5, 5.41) is 9.36. The molecule has 1 saturated heterocycles. The predicted molar refractivity (Wildman–Crippen MR) is 120 cm³/mol. The van der Waals surface area contributed by atoms with Crippen LogP contribution >= 0.6 is 0 Å². The molecule has 3 heterocycles. The van der Waals surface area contributed by atoms with Crippen molar-refractivity contribution in [2.75, 3.05) is 26.3 Å². The third kappa shape index (κ3) is 5.02. The summed E-state index contributed by atoms with van der Waals surface area (Å²) >= 11 is 0. The first-order valence-corrected chi connectivity index (χ1v) is 11.2. The van der Waals surface area contributed by atoms with E-state index in [-0.39, 0.29) is 11.9 Å². The minimum absolute atomic E-state index is 0.0523. The van der Waals surface area contributed by atoms with Crippen LogP contribution in [0.4, 0.5) is 4.39 Å². The molecule has 0 N–H and O–H groups in total. The van der Waals surface area contributed by atoms with Crippen LogP contribution in [0.5, 0.6) is 5.75 Å². The lowest BCUT2D eigenvalue weighted by atomic mass is 10.1. The number of rotatable bonds is 8. The highest BCUT2D eigenvalue weighted by atomic mass is 19.1. The molecule has 7 nitrogen and oxygen atoms in total. The van der Waals surface area contributed by atoms with E-state index < -0.39 is 0 Å². The van der Waals surface area contributed by atoms with Crippen LogP contribution in [0.15, 0.2) is 30.3 Å². The SMILES string of the molecule is CCn1nc(C)c(CN2CCO[C@H](c3cc(CCOc4ccc(F)cc4)n(C)n3)C2)c1C. The van der Waals surface area contributed by atoms with Gasteiger partial charge in [0.2, 0.25) is 0 Å². The molecule has 0 spiro atoms. The lowest BCUT2D eigenvalue weighted by molar-refractivity contribution is -0.0353. The quantitative estimate of drug-likeness (QED) is 0.535. The second-order valence-electron chi connectivity index (χ2n) is 8.30. The Balaban J connectivity index is 1.36. The predicted octanol–water partition coefficient (Wildman–Crippen LogP) is 3.59. The molecule has 1 aromatic carbocycles. The van der Waals surface area contributed by atoms with Crippen LogP contribution in [0.1, 0.15) is 41.4 Å². The van der Waals surface area contributed by atoms with Gasteiger partial charge in [-0.2, -0.15) is 10.2 Å². The van der Waals surface area contributed by atoms with Gasteiger partial charge in [0.1, 0.15) is 17.7 Å². The Kier molecular flexibility index (Phi) is 6.91. The third-order valence-corrected chi connectivity index (χ3v) is 6.13. The van der Waals surface area contributed by atoms with Gasteiger partial charge in [-0.15, -0.1) is 0 Å². The number of ether oxygens (including phenoxy) is 2. The van der Waals surface area contributed by atoms with E-state index in [1.165, 1.54) is 23.4 Å². The summed E-state index contributed by atoms with van der Waals surface area (Å²) in [5.41, 5.74) is 5.69. The number of aryl methyl sites for hydroxylation is 3. The van der Waals surface area contributed by atoms with Crippen molar-refractivity contribution in [1.29, 1.82) is 0 Å². The van der Waals surface area contributed by atoms with Crippen LogP contribution in [-0.2, 0) is 31.3 Å². The summed E-state index contributed by atoms with van der Waals surface area (Å²) in [6.45, 7) is 11.0. The smallest absolute Gasteiger partial charge is 0.123 e. The van der Waals surface area contributed by atoms with Crippen molar-refractivity contribution in [3.63, 3.8) is 0 Å². The number of hydrogen-bond acceptors (Lipinski definition) is 5. The van der Waals surface area contributed by atoms with E-state index in [0.717, 1.165) is 43.3 Å². The molecule has 1 fully saturated rings. The van der Waals surface area contributed by atoms with Crippen molar-refractivity contribution in [2.45, 2.75) is 46.4 Å². The van der Waals surface area contributed by atoms with E-state index in [4.69, 9.17) is 14.6 Å². The van der Waals surface area contributed by atoms with Crippen LogP contribution in [0.3, 0.4) is 0 Å². The number of morpholine rings is 1. The average molecular weight is 442 g/mol. The Hall–Kier alpha value is -2.71. The molecule has 3 aromatic rings. The van der Waals surface area contributed by atoms with Crippen LogP contribution < -0.4 is 4.74 Å². The zero-order chi connectivity index (χ0) is 22.7. The molecule has 32 heavy (non-hydrogen) atoms. The molecule has 0 saturated carbocycles. The van der Waals surface area contributed by atoms with E-state index in [9.17, 15) is 4.39 Å². The van der Waals surface area contributed by atoms with E-state index in [1.54, 1.807) is 12.1 Å². The molecule has 1 aliphatic rings. The molecular weight excluding hydrogens is 409 g/mol. The molecular formula is C24H32FN5O2. The molecule has 0 radical (unpaired) electrons. The standard InChI is InChI=1S/C24H32FN5O2/c1-5-30-18(3)22(17(2)26-30)15-29-11-13-32-24(16-29)23-14-20(28(4)27-23)10-12-31-21-8-6-19(25)7-9-21/h6-9,14,24H,5,10-13,15-16H2,1-4H3/t24-/m0/s1. The molecule has 172 valence electrons. The van der Waals surface area contributed by atoms with E-state index >= 15 is 0 Å². The summed E-state index contributed by atoms with van der Waals surface area (Å²) < 4.78 is 28.8. The Morgan fingerprint density at radius 3 is 2.69 bits per heavy atom.